The monoisotopic (exact) mass is 295 g/mol. The zero-order valence-corrected chi connectivity index (χ0v) is 13.1. The fraction of sp³-hybridized carbons (Fsp3) is 0.444. The van der Waals surface area contributed by atoms with Crippen LogP contribution in [-0.2, 0) is 13.0 Å². The molecular formula is C18H21N3O. The Labute approximate surface area is 131 Å². The Morgan fingerprint density at radius 3 is 3.09 bits per heavy atom. The largest absolute Gasteiger partial charge is 0.497 e. The molecule has 0 unspecified atom stereocenters. The summed E-state index contributed by atoms with van der Waals surface area (Å²) in [6.45, 7) is 2.95. The normalized spacial score (nSPS) is 23.4. The van der Waals surface area contributed by atoms with Gasteiger partial charge in [-0.15, -0.1) is 0 Å². The van der Waals surface area contributed by atoms with Crippen LogP contribution in [-0.4, -0.2) is 28.0 Å². The summed E-state index contributed by atoms with van der Waals surface area (Å²) in [7, 11) is 1.72. The van der Waals surface area contributed by atoms with Gasteiger partial charge in [-0.25, -0.2) is 9.97 Å². The number of nitrogens with zero attached hydrogens (tertiary/aromatic N) is 3. The van der Waals surface area contributed by atoms with Gasteiger partial charge in [0.05, 0.1) is 12.8 Å². The molecule has 0 radical (unpaired) electrons. The molecule has 4 rings (SSSR count). The minimum absolute atomic E-state index is 0.473. The third-order valence-corrected chi connectivity index (χ3v) is 4.95. The molecule has 4 nitrogen and oxygen atoms in total. The lowest BCUT2D eigenvalue weighted by Crippen LogP contribution is -2.37. The molecule has 1 fully saturated rings. The zero-order valence-electron chi connectivity index (χ0n) is 13.1. The van der Waals surface area contributed by atoms with Crippen molar-refractivity contribution in [2.45, 2.75) is 44.8 Å². The summed E-state index contributed by atoms with van der Waals surface area (Å²) in [6, 6.07) is 9.48. The summed E-state index contributed by atoms with van der Waals surface area (Å²) in [4.78, 5) is 11.7. The maximum atomic E-state index is 5.34. The molecule has 22 heavy (non-hydrogen) atoms. The summed E-state index contributed by atoms with van der Waals surface area (Å²) in [6.07, 6.45) is 5.57. The number of aromatic nitrogens is 2. The molecule has 2 atom stereocenters. The predicted molar refractivity (Wildman–Crippen MR) is 84.8 cm³/mol. The van der Waals surface area contributed by atoms with E-state index in [1.165, 1.54) is 29.7 Å². The minimum Gasteiger partial charge on any atom is -0.497 e. The minimum atomic E-state index is 0.473. The van der Waals surface area contributed by atoms with Gasteiger partial charge in [-0.05, 0) is 37.5 Å². The van der Waals surface area contributed by atoms with Gasteiger partial charge in [0.2, 0.25) is 0 Å². The number of benzene rings is 1. The van der Waals surface area contributed by atoms with Gasteiger partial charge in [0.25, 0.3) is 0 Å². The lowest BCUT2D eigenvalue weighted by atomic mass is 9.98. The quantitative estimate of drug-likeness (QED) is 0.872. The highest BCUT2D eigenvalue weighted by molar-refractivity contribution is 5.31. The van der Waals surface area contributed by atoms with E-state index in [2.05, 4.69) is 33.1 Å². The molecule has 1 aromatic heterocycles. The van der Waals surface area contributed by atoms with E-state index in [1.807, 2.05) is 19.2 Å². The van der Waals surface area contributed by atoms with Gasteiger partial charge in [-0.2, -0.15) is 0 Å². The van der Waals surface area contributed by atoms with E-state index >= 15 is 0 Å². The Hall–Kier alpha value is -1.94. The van der Waals surface area contributed by atoms with Gasteiger partial charge in [0.1, 0.15) is 11.6 Å². The molecule has 1 aromatic carbocycles. The van der Waals surface area contributed by atoms with E-state index in [9.17, 15) is 0 Å². The fourth-order valence-corrected chi connectivity index (χ4v) is 3.90. The smallest absolute Gasteiger partial charge is 0.125 e. The lowest BCUT2D eigenvalue weighted by molar-refractivity contribution is 0.166. The van der Waals surface area contributed by atoms with Gasteiger partial charge < -0.3 is 4.74 Å². The van der Waals surface area contributed by atoms with Gasteiger partial charge in [-0.1, -0.05) is 12.1 Å². The fourth-order valence-electron chi connectivity index (χ4n) is 3.90. The average molecular weight is 295 g/mol. The highest BCUT2D eigenvalue weighted by atomic mass is 16.5. The van der Waals surface area contributed by atoms with Crippen molar-refractivity contribution in [2.24, 2.45) is 0 Å². The molecule has 0 spiro atoms. The molecule has 2 aliphatic rings. The number of ether oxygens (including phenoxy) is 1. The van der Waals surface area contributed by atoms with Crippen LogP contribution in [0.25, 0.3) is 0 Å². The number of fused-ring (bicyclic) bond motifs is 4. The van der Waals surface area contributed by atoms with Crippen LogP contribution >= 0.6 is 0 Å². The first kappa shape index (κ1) is 13.7. The number of aryl methyl sites for hydroxylation is 1. The van der Waals surface area contributed by atoms with E-state index in [0.717, 1.165) is 24.5 Å². The van der Waals surface area contributed by atoms with Crippen LogP contribution in [0.2, 0.25) is 0 Å². The van der Waals surface area contributed by atoms with Crippen molar-refractivity contribution in [1.29, 1.82) is 0 Å². The summed E-state index contributed by atoms with van der Waals surface area (Å²) >= 11 is 0. The maximum absolute atomic E-state index is 5.34. The predicted octanol–water partition coefficient (Wildman–Crippen LogP) is 3.06. The van der Waals surface area contributed by atoms with E-state index in [-0.39, 0.29) is 0 Å². The third-order valence-electron chi connectivity index (χ3n) is 4.95. The Balaban J connectivity index is 1.62. The third kappa shape index (κ3) is 2.28. The van der Waals surface area contributed by atoms with E-state index in [4.69, 9.17) is 4.74 Å². The Bertz CT molecular complexity index is 700. The van der Waals surface area contributed by atoms with Crippen molar-refractivity contribution in [1.82, 2.24) is 14.9 Å². The van der Waals surface area contributed by atoms with Crippen LogP contribution in [0.4, 0.5) is 0 Å². The first-order valence-electron chi connectivity index (χ1n) is 7.95. The molecule has 3 heterocycles. The van der Waals surface area contributed by atoms with Crippen LogP contribution in [0.3, 0.4) is 0 Å². The van der Waals surface area contributed by atoms with Crippen molar-refractivity contribution in [3.05, 3.63) is 53.1 Å². The first-order chi connectivity index (χ1) is 10.7. The van der Waals surface area contributed by atoms with Crippen molar-refractivity contribution in [3.8, 4) is 5.75 Å². The molecular weight excluding hydrogens is 274 g/mol. The molecule has 0 saturated carbocycles. The van der Waals surface area contributed by atoms with Crippen LogP contribution < -0.4 is 4.74 Å². The highest BCUT2D eigenvalue weighted by Gasteiger charge is 2.40. The number of hydrogen-bond donors (Lipinski definition) is 0. The van der Waals surface area contributed by atoms with Gasteiger partial charge in [0.15, 0.2) is 0 Å². The number of methoxy groups -OCH3 is 1. The van der Waals surface area contributed by atoms with Crippen LogP contribution in [0.1, 0.15) is 41.5 Å². The van der Waals surface area contributed by atoms with Crippen LogP contribution in [0, 0.1) is 6.92 Å². The van der Waals surface area contributed by atoms with Gasteiger partial charge in [-0.3, -0.25) is 4.90 Å². The van der Waals surface area contributed by atoms with E-state index in [0.29, 0.717) is 12.1 Å². The maximum Gasteiger partial charge on any atom is 0.125 e. The summed E-state index contributed by atoms with van der Waals surface area (Å²) in [5.41, 5.74) is 3.91. The molecule has 1 saturated heterocycles. The molecule has 2 aromatic rings. The summed E-state index contributed by atoms with van der Waals surface area (Å²) in [5.74, 6) is 1.82. The second-order valence-corrected chi connectivity index (χ2v) is 6.29. The SMILES string of the molecule is COc1cccc(CN2[C@H]3CC[C@@H]2c2cnc(C)nc2C3)c1. The molecule has 0 N–H and O–H groups in total. The van der Waals surface area contributed by atoms with Crippen LogP contribution in [0.5, 0.6) is 5.75 Å². The topological polar surface area (TPSA) is 38.2 Å². The molecule has 4 heteroatoms. The standard InChI is InChI=1S/C18H21N3O/c1-12-19-10-16-17(20-12)9-14-6-7-18(16)21(14)11-13-4-3-5-15(8-13)22-2/h3-5,8,10,14,18H,6-7,9,11H2,1-2H3/t14-,18+/m0/s1. The van der Waals surface area contributed by atoms with Crippen molar-refractivity contribution < 1.29 is 4.74 Å². The lowest BCUT2D eigenvalue weighted by Gasteiger charge is -2.35. The van der Waals surface area contributed by atoms with Gasteiger partial charge >= 0.3 is 0 Å². The average Bonchev–Trinajstić information content (AvgIpc) is 2.80. The Morgan fingerprint density at radius 2 is 2.23 bits per heavy atom. The molecule has 0 aliphatic carbocycles. The number of rotatable bonds is 3. The first-order valence-corrected chi connectivity index (χ1v) is 7.95. The van der Waals surface area contributed by atoms with E-state index in [1.54, 1.807) is 7.11 Å². The summed E-state index contributed by atoms with van der Waals surface area (Å²) < 4.78 is 5.34. The Kier molecular flexibility index (Phi) is 3.34. The highest BCUT2D eigenvalue weighted by Crippen LogP contribution is 2.43. The van der Waals surface area contributed by atoms with Crippen molar-refractivity contribution in [3.63, 3.8) is 0 Å². The number of hydrogen-bond acceptors (Lipinski definition) is 4. The van der Waals surface area contributed by atoms with Crippen molar-refractivity contribution in [2.75, 3.05) is 7.11 Å². The molecule has 2 aliphatic heterocycles. The van der Waals surface area contributed by atoms with Crippen LogP contribution in [0.15, 0.2) is 30.5 Å². The second-order valence-electron chi connectivity index (χ2n) is 6.29. The zero-order chi connectivity index (χ0) is 15.1. The molecule has 114 valence electrons. The Morgan fingerprint density at radius 1 is 1.32 bits per heavy atom. The molecule has 0 amide bonds. The van der Waals surface area contributed by atoms with Crippen molar-refractivity contribution >= 4 is 0 Å². The van der Waals surface area contributed by atoms with Gasteiger partial charge in [0, 0.05) is 36.8 Å². The van der Waals surface area contributed by atoms with E-state index < -0.39 is 0 Å². The second kappa shape index (κ2) is 5.36. The summed E-state index contributed by atoms with van der Waals surface area (Å²) in [5, 5.41) is 0. The molecule has 2 bridgehead atoms.